The van der Waals surface area contributed by atoms with E-state index in [9.17, 15) is 5.11 Å². The number of benzene rings is 2. The highest BCUT2D eigenvalue weighted by Gasteiger charge is 2.19. The van der Waals surface area contributed by atoms with Crippen molar-refractivity contribution in [3.05, 3.63) is 69.4 Å². The van der Waals surface area contributed by atoms with Gasteiger partial charge in [-0.2, -0.15) is 0 Å². The van der Waals surface area contributed by atoms with Crippen LogP contribution in [0.3, 0.4) is 0 Å². The number of aliphatic hydroxyl groups excluding tert-OH is 1. The lowest BCUT2D eigenvalue weighted by molar-refractivity contribution is 0.192. The molecule has 0 aliphatic rings. The quantitative estimate of drug-likeness (QED) is 0.712. The number of para-hydroxylation sites is 1. The molecule has 0 aliphatic carbocycles. The number of halogens is 2. The monoisotopic (exact) mass is 306 g/mol. The van der Waals surface area contributed by atoms with Crippen molar-refractivity contribution in [3.8, 4) is 0 Å². The average Bonchev–Trinajstić information content (AvgIpc) is 2.83. The van der Waals surface area contributed by atoms with E-state index in [1.807, 2.05) is 31.2 Å². The van der Waals surface area contributed by atoms with Crippen molar-refractivity contribution in [1.29, 1.82) is 0 Å². The summed E-state index contributed by atoms with van der Waals surface area (Å²) in [7, 11) is 0. The topological polar surface area (TPSA) is 33.4 Å². The van der Waals surface area contributed by atoms with Crippen LogP contribution in [0.15, 0.2) is 46.9 Å². The van der Waals surface area contributed by atoms with Gasteiger partial charge in [-0.05, 0) is 30.7 Å². The third kappa shape index (κ3) is 2.31. The van der Waals surface area contributed by atoms with Gasteiger partial charge in [-0.1, -0.05) is 47.5 Å². The lowest BCUT2D eigenvalue weighted by Crippen LogP contribution is -1.99. The van der Waals surface area contributed by atoms with Crippen molar-refractivity contribution in [1.82, 2.24) is 0 Å². The highest BCUT2D eigenvalue weighted by molar-refractivity contribution is 6.34. The van der Waals surface area contributed by atoms with Crippen LogP contribution in [0.4, 0.5) is 0 Å². The summed E-state index contributed by atoms with van der Waals surface area (Å²) in [5.74, 6) is 0.429. The van der Waals surface area contributed by atoms with Gasteiger partial charge in [0.1, 0.15) is 11.9 Å². The number of aryl methyl sites for hydroxylation is 1. The number of aliphatic hydroxyl groups is 1. The fourth-order valence-corrected chi connectivity index (χ4v) is 2.75. The molecule has 0 saturated carbocycles. The minimum Gasteiger partial charge on any atom is -0.456 e. The van der Waals surface area contributed by atoms with Crippen molar-refractivity contribution < 1.29 is 9.52 Å². The van der Waals surface area contributed by atoms with Gasteiger partial charge in [0.25, 0.3) is 0 Å². The standard InChI is InChI=1S/C16H12Cl2O2/c1-9-5-6-11(13(18)7-9)15(19)14-8-10-3-2-4-12(17)16(10)20-14/h2-8,15,19H,1H3. The van der Waals surface area contributed by atoms with Crippen molar-refractivity contribution in [2.24, 2.45) is 0 Å². The van der Waals surface area contributed by atoms with Gasteiger partial charge in [-0.25, -0.2) is 0 Å². The van der Waals surface area contributed by atoms with Gasteiger partial charge < -0.3 is 9.52 Å². The van der Waals surface area contributed by atoms with Crippen LogP contribution in [0.5, 0.6) is 0 Å². The molecule has 1 unspecified atom stereocenters. The van der Waals surface area contributed by atoms with E-state index in [0.29, 0.717) is 27.0 Å². The van der Waals surface area contributed by atoms with Gasteiger partial charge in [0.15, 0.2) is 5.58 Å². The number of rotatable bonds is 2. The van der Waals surface area contributed by atoms with E-state index >= 15 is 0 Å². The van der Waals surface area contributed by atoms with E-state index in [0.717, 1.165) is 10.9 Å². The molecule has 0 saturated heterocycles. The summed E-state index contributed by atoms with van der Waals surface area (Å²) in [5.41, 5.74) is 2.23. The van der Waals surface area contributed by atoms with E-state index in [-0.39, 0.29) is 0 Å². The van der Waals surface area contributed by atoms with Gasteiger partial charge in [0.2, 0.25) is 0 Å². The summed E-state index contributed by atoms with van der Waals surface area (Å²) in [4.78, 5) is 0. The second-order valence-electron chi connectivity index (χ2n) is 4.73. The van der Waals surface area contributed by atoms with Crippen molar-refractivity contribution in [2.75, 3.05) is 0 Å². The molecular weight excluding hydrogens is 295 g/mol. The molecule has 20 heavy (non-hydrogen) atoms. The Morgan fingerprint density at radius 2 is 1.85 bits per heavy atom. The molecule has 1 heterocycles. The first-order valence-electron chi connectivity index (χ1n) is 6.18. The highest BCUT2D eigenvalue weighted by Crippen LogP contribution is 2.34. The molecule has 0 radical (unpaired) electrons. The van der Waals surface area contributed by atoms with Crippen molar-refractivity contribution >= 4 is 34.2 Å². The molecule has 3 aromatic rings. The zero-order valence-corrected chi connectivity index (χ0v) is 12.2. The van der Waals surface area contributed by atoms with Crippen molar-refractivity contribution in [3.63, 3.8) is 0 Å². The van der Waals surface area contributed by atoms with Gasteiger partial charge in [0, 0.05) is 16.0 Å². The molecule has 2 nitrogen and oxygen atoms in total. The first-order valence-corrected chi connectivity index (χ1v) is 6.94. The van der Waals surface area contributed by atoms with E-state index in [4.69, 9.17) is 27.6 Å². The van der Waals surface area contributed by atoms with Gasteiger partial charge >= 0.3 is 0 Å². The first-order chi connectivity index (χ1) is 9.56. The van der Waals surface area contributed by atoms with E-state index in [1.165, 1.54) is 0 Å². The number of hydrogen-bond donors (Lipinski definition) is 1. The largest absolute Gasteiger partial charge is 0.456 e. The smallest absolute Gasteiger partial charge is 0.153 e. The number of furan rings is 1. The maximum Gasteiger partial charge on any atom is 0.153 e. The van der Waals surface area contributed by atoms with E-state index in [2.05, 4.69) is 0 Å². The predicted octanol–water partition coefficient (Wildman–Crippen LogP) is 5.13. The van der Waals surface area contributed by atoms with Crippen LogP contribution in [0.25, 0.3) is 11.0 Å². The fraction of sp³-hybridized carbons (Fsp3) is 0.125. The molecule has 4 heteroatoms. The summed E-state index contributed by atoms with van der Waals surface area (Å²) in [6, 6.07) is 12.8. The zero-order chi connectivity index (χ0) is 14.3. The Hall–Kier alpha value is -1.48. The molecule has 0 fully saturated rings. The maximum absolute atomic E-state index is 10.4. The Labute approximate surface area is 126 Å². The first kappa shape index (κ1) is 13.5. The Bertz CT molecular complexity index is 777. The molecule has 1 N–H and O–H groups in total. The third-order valence-corrected chi connectivity index (χ3v) is 3.86. The molecule has 2 aromatic carbocycles. The molecule has 0 aliphatic heterocycles. The lowest BCUT2D eigenvalue weighted by atomic mass is 10.1. The summed E-state index contributed by atoms with van der Waals surface area (Å²) in [5, 5.41) is 12.3. The summed E-state index contributed by atoms with van der Waals surface area (Å²) >= 11 is 12.2. The second-order valence-corrected chi connectivity index (χ2v) is 5.55. The number of fused-ring (bicyclic) bond motifs is 1. The zero-order valence-electron chi connectivity index (χ0n) is 10.7. The Kier molecular flexibility index (Phi) is 3.47. The second kappa shape index (κ2) is 5.13. The van der Waals surface area contributed by atoms with Gasteiger partial charge in [-0.15, -0.1) is 0 Å². The molecule has 0 spiro atoms. The van der Waals surface area contributed by atoms with Gasteiger partial charge in [-0.3, -0.25) is 0 Å². The molecular formula is C16H12Cl2O2. The minimum absolute atomic E-state index is 0.429. The molecule has 1 atom stereocenters. The lowest BCUT2D eigenvalue weighted by Gasteiger charge is -2.10. The third-order valence-electron chi connectivity index (χ3n) is 3.24. The summed E-state index contributed by atoms with van der Waals surface area (Å²) in [6.07, 6.45) is -0.911. The SMILES string of the molecule is Cc1ccc(C(O)c2cc3cccc(Cl)c3o2)c(Cl)c1. The Balaban J connectivity index is 2.08. The highest BCUT2D eigenvalue weighted by atomic mass is 35.5. The normalized spacial score (nSPS) is 12.8. The Morgan fingerprint density at radius 1 is 1.05 bits per heavy atom. The predicted molar refractivity (Wildman–Crippen MR) is 81.5 cm³/mol. The molecule has 3 rings (SSSR count). The molecule has 1 aromatic heterocycles. The maximum atomic E-state index is 10.4. The van der Waals surface area contributed by atoms with Crippen LogP contribution >= 0.6 is 23.2 Å². The van der Waals surface area contributed by atoms with Gasteiger partial charge in [0.05, 0.1) is 5.02 Å². The Morgan fingerprint density at radius 3 is 2.55 bits per heavy atom. The van der Waals surface area contributed by atoms with E-state index in [1.54, 1.807) is 18.2 Å². The van der Waals surface area contributed by atoms with Crippen LogP contribution in [-0.4, -0.2) is 5.11 Å². The summed E-state index contributed by atoms with van der Waals surface area (Å²) in [6.45, 7) is 1.95. The van der Waals surface area contributed by atoms with Crippen LogP contribution in [0.2, 0.25) is 10.0 Å². The van der Waals surface area contributed by atoms with Crippen LogP contribution in [0, 0.1) is 6.92 Å². The molecule has 0 amide bonds. The van der Waals surface area contributed by atoms with Crippen molar-refractivity contribution in [2.45, 2.75) is 13.0 Å². The minimum atomic E-state index is -0.911. The van der Waals surface area contributed by atoms with Crippen LogP contribution in [0.1, 0.15) is 23.0 Å². The van der Waals surface area contributed by atoms with Crippen LogP contribution in [-0.2, 0) is 0 Å². The van der Waals surface area contributed by atoms with Crippen LogP contribution < -0.4 is 0 Å². The molecule has 102 valence electrons. The summed E-state index contributed by atoms with van der Waals surface area (Å²) < 4.78 is 5.66. The molecule has 0 bridgehead atoms. The van der Waals surface area contributed by atoms with E-state index < -0.39 is 6.10 Å². The number of hydrogen-bond acceptors (Lipinski definition) is 2. The average molecular weight is 307 g/mol. The fourth-order valence-electron chi connectivity index (χ4n) is 2.19.